The number of rotatable bonds is 2. The quantitative estimate of drug-likeness (QED) is 0.769. The third-order valence-electron chi connectivity index (χ3n) is 2.66. The molecule has 1 aromatic rings. The monoisotopic (exact) mass is 185 g/mol. The molecule has 1 aliphatic carbocycles. The van der Waals surface area contributed by atoms with Crippen LogP contribution in [0.2, 0.25) is 0 Å². The Labute approximate surface area is 84.6 Å². The minimum atomic E-state index is 0.610. The van der Waals surface area contributed by atoms with Gasteiger partial charge in [-0.15, -0.1) is 0 Å². The van der Waals surface area contributed by atoms with Gasteiger partial charge in [0.25, 0.3) is 0 Å². The van der Waals surface area contributed by atoms with E-state index in [2.05, 4.69) is 17.5 Å². The topological polar surface area (TPSA) is 35.8 Å². The molecule has 2 heteroatoms. The summed E-state index contributed by atoms with van der Waals surface area (Å²) in [5.41, 5.74) is 1.68. The van der Waals surface area contributed by atoms with Crippen molar-refractivity contribution in [2.75, 3.05) is 5.32 Å². The molecule has 14 heavy (non-hydrogen) atoms. The summed E-state index contributed by atoms with van der Waals surface area (Å²) in [5, 5.41) is 12.0. The van der Waals surface area contributed by atoms with Crippen molar-refractivity contribution in [2.45, 2.75) is 31.7 Å². The predicted molar refractivity (Wildman–Crippen MR) is 55.9 cm³/mol. The van der Waals surface area contributed by atoms with Gasteiger partial charge in [0.2, 0.25) is 0 Å². The molecule has 0 heterocycles. The Balaban J connectivity index is 1.99. The van der Waals surface area contributed by atoms with E-state index in [1.54, 1.807) is 6.07 Å². The van der Waals surface area contributed by atoms with Crippen LogP contribution in [0.5, 0.6) is 0 Å². The van der Waals surface area contributed by atoms with Crippen LogP contribution in [0.4, 0.5) is 5.69 Å². The van der Waals surface area contributed by atoms with Gasteiger partial charge in [-0.2, -0.15) is 5.26 Å². The molecule has 1 fully saturated rings. The van der Waals surface area contributed by atoms with Gasteiger partial charge in [-0.3, -0.25) is 0 Å². The molecular formula is C12H13N2. The molecule has 71 valence electrons. The fraction of sp³-hybridized carbons (Fsp3) is 0.417. The van der Waals surface area contributed by atoms with E-state index < -0.39 is 0 Å². The molecule has 1 aliphatic rings. The largest absolute Gasteiger partial charge is 0.382 e. The Hall–Kier alpha value is -1.49. The average Bonchev–Trinajstić information content (AvgIpc) is 2.72. The van der Waals surface area contributed by atoms with Gasteiger partial charge in [0.05, 0.1) is 11.6 Å². The molecule has 1 radical (unpaired) electrons. The molecule has 0 bridgehead atoms. The normalized spacial score (nSPS) is 16.5. The van der Waals surface area contributed by atoms with Crippen LogP contribution in [0.3, 0.4) is 0 Å². The van der Waals surface area contributed by atoms with Gasteiger partial charge in [0.15, 0.2) is 0 Å². The van der Waals surface area contributed by atoms with E-state index in [-0.39, 0.29) is 0 Å². The summed E-state index contributed by atoms with van der Waals surface area (Å²) in [4.78, 5) is 0. The Kier molecular flexibility index (Phi) is 2.69. The number of nitrogens with zero attached hydrogens (tertiary/aromatic N) is 1. The zero-order chi connectivity index (χ0) is 9.80. The molecule has 0 saturated heterocycles. The van der Waals surface area contributed by atoms with Gasteiger partial charge < -0.3 is 5.32 Å². The summed E-state index contributed by atoms with van der Waals surface area (Å²) in [6.07, 6.45) is 5.17. The lowest BCUT2D eigenvalue weighted by molar-refractivity contribution is 0.755. The van der Waals surface area contributed by atoms with E-state index in [0.29, 0.717) is 11.6 Å². The van der Waals surface area contributed by atoms with Crippen LogP contribution in [0.15, 0.2) is 18.2 Å². The second-order valence-electron chi connectivity index (χ2n) is 3.73. The fourth-order valence-electron chi connectivity index (χ4n) is 1.87. The summed E-state index contributed by atoms with van der Waals surface area (Å²) in [5.74, 6) is 0. The first-order valence-electron chi connectivity index (χ1n) is 5.07. The first-order chi connectivity index (χ1) is 6.88. The summed E-state index contributed by atoms with van der Waals surface area (Å²) >= 11 is 0. The molecule has 1 N–H and O–H groups in total. The standard InChI is InChI=1S/C12H13N2/c13-9-10-5-7-12(8-6-10)14-11-3-1-2-4-11/h5-7,11,14H,1-4H2. The van der Waals surface area contributed by atoms with Crippen LogP contribution in [-0.4, -0.2) is 6.04 Å². The highest BCUT2D eigenvalue weighted by molar-refractivity contribution is 5.46. The summed E-state index contributed by atoms with van der Waals surface area (Å²) in [6, 6.07) is 11.3. The van der Waals surface area contributed by atoms with E-state index in [4.69, 9.17) is 5.26 Å². The highest BCUT2D eigenvalue weighted by Gasteiger charge is 2.13. The van der Waals surface area contributed by atoms with E-state index >= 15 is 0 Å². The predicted octanol–water partition coefficient (Wildman–Crippen LogP) is 2.71. The number of hydrogen-bond acceptors (Lipinski definition) is 2. The Bertz CT molecular complexity index is 328. The second kappa shape index (κ2) is 4.15. The SMILES string of the molecule is N#Cc1c[c]c(NC2CCCC2)cc1. The van der Waals surface area contributed by atoms with Crippen LogP contribution in [-0.2, 0) is 0 Å². The van der Waals surface area contributed by atoms with Crippen molar-refractivity contribution in [3.05, 3.63) is 29.8 Å². The minimum absolute atomic E-state index is 0.610. The Morgan fingerprint density at radius 3 is 2.71 bits per heavy atom. The second-order valence-corrected chi connectivity index (χ2v) is 3.73. The fourth-order valence-corrected chi connectivity index (χ4v) is 1.87. The maximum absolute atomic E-state index is 8.62. The first kappa shape index (κ1) is 9.08. The van der Waals surface area contributed by atoms with Gasteiger partial charge in [-0.05, 0) is 31.0 Å². The minimum Gasteiger partial charge on any atom is -0.382 e. The molecule has 2 nitrogen and oxygen atoms in total. The lowest BCUT2D eigenvalue weighted by Crippen LogP contribution is -2.14. The van der Waals surface area contributed by atoms with Crippen LogP contribution in [0, 0.1) is 17.4 Å². The summed E-state index contributed by atoms with van der Waals surface area (Å²) < 4.78 is 0. The van der Waals surface area contributed by atoms with Crippen molar-refractivity contribution in [2.24, 2.45) is 0 Å². The Morgan fingerprint density at radius 2 is 2.14 bits per heavy atom. The number of anilines is 1. The summed E-state index contributed by atoms with van der Waals surface area (Å²) in [7, 11) is 0. The van der Waals surface area contributed by atoms with Crippen LogP contribution in [0.1, 0.15) is 31.2 Å². The van der Waals surface area contributed by atoms with Crippen molar-refractivity contribution in [1.29, 1.82) is 5.26 Å². The lowest BCUT2D eigenvalue weighted by Gasteiger charge is -2.12. The van der Waals surface area contributed by atoms with Crippen molar-refractivity contribution < 1.29 is 0 Å². The maximum Gasteiger partial charge on any atom is 0.0991 e. The molecule has 0 spiro atoms. The molecular weight excluding hydrogens is 172 g/mol. The van der Waals surface area contributed by atoms with Crippen LogP contribution < -0.4 is 5.32 Å². The van der Waals surface area contributed by atoms with E-state index in [1.807, 2.05) is 12.1 Å². The van der Waals surface area contributed by atoms with Gasteiger partial charge in [0.1, 0.15) is 0 Å². The van der Waals surface area contributed by atoms with E-state index in [1.165, 1.54) is 25.7 Å². The molecule has 2 rings (SSSR count). The molecule has 0 atom stereocenters. The number of hydrogen-bond donors (Lipinski definition) is 1. The Morgan fingerprint density at radius 1 is 1.36 bits per heavy atom. The van der Waals surface area contributed by atoms with E-state index in [0.717, 1.165) is 5.69 Å². The highest BCUT2D eigenvalue weighted by Crippen LogP contribution is 2.21. The first-order valence-corrected chi connectivity index (χ1v) is 5.07. The average molecular weight is 185 g/mol. The molecule has 0 aromatic heterocycles. The zero-order valence-electron chi connectivity index (χ0n) is 8.09. The van der Waals surface area contributed by atoms with Gasteiger partial charge in [-0.1, -0.05) is 12.8 Å². The van der Waals surface area contributed by atoms with Crippen molar-refractivity contribution in [1.82, 2.24) is 0 Å². The smallest absolute Gasteiger partial charge is 0.0991 e. The highest BCUT2D eigenvalue weighted by atomic mass is 14.9. The molecule has 0 amide bonds. The molecule has 0 unspecified atom stereocenters. The molecule has 1 saturated carbocycles. The number of nitriles is 1. The lowest BCUT2D eigenvalue weighted by atomic mass is 10.2. The van der Waals surface area contributed by atoms with Crippen molar-refractivity contribution in [3.8, 4) is 6.07 Å². The summed E-state index contributed by atoms with van der Waals surface area (Å²) in [6.45, 7) is 0. The van der Waals surface area contributed by atoms with Gasteiger partial charge in [-0.25, -0.2) is 0 Å². The van der Waals surface area contributed by atoms with Gasteiger partial charge >= 0.3 is 0 Å². The number of benzene rings is 1. The zero-order valence-corrected chi connectivity index (χ0v) is 8.09. The third-order valence-corrected chi connectivity index (χ3v) is 2.66. The third kappa shape index (κ3) is 2.05. The maximum atomic E-state index is 8.62. The van der Waals surface area contributed by atoms with Crippen LogP contribution in [0.25, 0.3) is 0 Å². The van der Waals surface area contributed by atoms with E-state index in [9.17, 15) is 0 Å². The molecule has 1 aromatic carbocycles. The van der Waals surface area contributed by atoms with Crippen LogP contribution >= 0.6 is 0 Å². The number of nitrogens with one attached hydrogen (secondary N) is 1. The van der Waals surface area contributed by atoms with Crippen molar-refractivity contribution >= 4 is 5.69 Å². The van der Waals surface area contributed by atoms with Gasteiger partial charge in [0, 0.05) is 17.8 Å². The van der Waals surface area contributed by atoms with Crippen molar-refractivity contribution in [3.63, 3.8) is 0 Å². The molecule has 0 aliphatic heterocycles.